The van der Waals surface area contributed by atoms with Crippen molar-refractivity contribution in [3.63, 3.8) is 0 Å². The van der Waals surface area contributed by atoms with Crippen molar-refractivity contribution in [3.05, 3.63) is 58.2 Å². The number of rotatable bonds is 2. The minimum absolute atomic E-state index is 0.0458. The van der Waals surface area contributed by atoms with Crippen LogP contribution in [-0.2, 0) is 9.53 Å². The molecule has 1 heterocycles. The number of nitrogens with two attached hydrogens (primary N) is 1. The van der Waals surface area contributed by atoms with E-state index in [1.54, 1.807) is 0 Å². The van der Waals surface area contributed by atoms with Crippen molar-refractivity contribution in [2.24, 2.45) is 11.1 Å². The fraction of sp³-hybridized carbons (Fsp3) is 0.429. The molecule has 2 N–H and O–H groups in total. The van der Waals surface area contributed by atoms with Crippen LogP contribution in [0.3, 0.4) is 0 Å². The van der Waals surface area contributed by atoms with E-state index in [0.717, 1.165) is 5.56 Å². The predicted octanol–water partition coefficient (Wildman–Crippen LogP) is 4.26. The van der Waals surface area contributed by atoms with Crippen LogP contribution in [0.15, 0.2) is 47.1 Å². The number of hydrogen-bond donors (Lipinski definition) is 1. The summed E-state index contributed by atoms with van der Waals surface area (Å²) in [5, 5.41) is 9.61. The highest BCUT2D eigenvalue weighted by Gasteiger charge is 2.42. The Morgan fingerprint density at radius 3 is 2.44 bits per heavy atom. The molecule has 1 aromatic carbocycles. The zero-order chi connectivity index (χ0) is 18.4. The molecule has 0 saturated heterocycles. The normalized spacial score (nSPS) is 22.6. The summed E-state index contributed by atoms with van der Waals surface area (Å²) in [4.78, 5) is 12.9. The monoisotopic (exact) mass is 336 g/mol. The lowest BCUT2D eigenvalue weighted by Crippen LogP contribution is -2.33. The molecule has 0 radical (unpaired) electrons. The lowest BCUT2D eigenvalue weighted by Gasteiger charge is -2.37. The quantitative estimate of drug-likeness (QED) is 0.875. The van der Waals surface area contributed by atoms with Gasteiger partial charge in [-0.3, -0.25) is 4.79 Å². The molecule has 1 aliphatic carbocycles. The molecular weight excluding hydrogens is 312 g/mol. The van der Waals surface area contributed by atoms with E-state index >= 15 is 0 Å². The van der Waals surface area contributed by atoms with Crippen LogP contribution in [0.1, 0.15) is 63.5 Å². The second-order valence-electron chi connectivity index (χ2n) is 8.02. The zero-order valence-electron chi connectivity index (χ0n) is 15.2. The van der Waals surface area contributed by atoms with E-state index in [-0.39, 0.29) is 17.1 Å². The highest BCUT2D eigenvalue weighted by Crippen LogP contribution is 2.47. The molecule has 1 aromatic rings. The molecule has 4 heteroatoms. The van der Waals surface area contributed by atoms with E-state index in [4.69, 9.17) is 10.5 Å². The van der Waals surface area contributed by atoms with Gasteiger partial charge in [-0.1, -0.05) is 52.0 Å². The van der Waals surface area contributed by atoms with Crippen molar-refractivity contribution in [2.75, 3.05) is 0 Å². The maximum atomic E-state index is 12.9. The molecule has 1 aliphatic heterocycles. The van der Waals surface area contributed by atoms with Gasteiger partial charge in [0.1, 0.15) is 17.4 Å². The minimum Gasteiger partial charge on any atom is -0.444 e. The van der Waals surface area contributed by atoms with Crippen LogP contribution in [0, 0.1) is 16.7 Å². The number of hydrogen-bond acceptors (Lipinski definition) is 4. The number of ketones is 1. The molecule has 0 aromatic heterocycles. The summed E-state index contributed by atoms with van der Waals surface area (Å²) < 4.78 is 5.71. The van der Waals surface area contributed by atoms with Gasteiger partial charge in [-0.05, 0) is 22.5 Å². The van der Waals surface area contributed by atoms with Gasteiger partial charge in [-0.25, -0.2) is 0 Å². The van der Waals surface area contributed by atoms with Gasteiger partial charge >= 0.3 is 0 Å². The van der Waals surface area contributed by atoms with Crippen LogP contribution in [0.25, 0.3) is 0 Å². The lowest BCUT2D eigenvalue weighted by molar-refractivity contribution is -0.119. The second-order valence-corrected chi connectivity index (χ2v) is 8.02. The maximum Gasteiger partial charge on any atom is 0.205 e. The average molecular weight is 336 g/mol. The van der Waals surface area contributed by atoms with Crippen LogP contribution >= 0.6 is 0 Å². The molecule has 0 spiro atoms. The Balaban J connectivity index is 2.12. The Morgan fingerprint density at radius 1 is 1.24 bits per heavy atom. The minimum atomic E-state index is -0.432. The van der Waals surface area contributed by atoms with E-state index in [2.05, 4.69) is 32.0 Å². The molecule has 25 heavy (non-hydrogen) atoms. The maximum absolute atomic E-state index is 12.9. The van der Waals surface area contributed by atoms with Crippen molar-refractivity contribution >= 4 is 5.78 Å². The smallest absolute Gasteiger partial charge is 0.205 e. The highest BCUT2D eigenvalue weighted by molar-refractivity contribution is 6.00. The summed E-state index contributed by atoms with van der Waals surface area (Å²) in [7, 11) is 0. The van der Waals surface area contributed by atoms with Gasteiger partial charge in [0.05, 0.1) is 5.92 Å². The molecule has 1 atom stereocenters. The Morgan fingerprint density at radius 2 is 1.88 bits per heavy atom. The Hall–Kier alpha value is -2.54. The molecule has 0 amide bonds. The Kier molecular flexibility index (Phi) is 4.20. The number of carbonyl (C=O) groups excluding carboxylic acids is 1. The molecule has 130 valence electrons. The molecule has 0 unspecified atom stereocenters. The van der Waals surface area contributed by atoms with Gasteiger partial charge in [0.2, 0.25) is 5.88 Å². The first-order chi connectivity index (χ1) is 11.7. The van der Waals surface area contributed by atoms with Gasteiger partial charge in [-0.15, -0.1) is 0 Å². The molecule has 0 bridgehead atoms. The second kappa shape index (κ2) is 6.07. The van der Waals surface area contributed by atoms with E-state index in [0.29, 0.717) is 35.7 Å². The summed E-state index contributed by atoms with van der Waals surface area (Å²) in [6.07, 6.45) is 1.10. The summed E-state index contributed by atoms with van der Waals surface area (Å²) in [6, 6.07) is 10.3. The predicted molar refractivity (Wildman–Crippen MR) is 96.2 cm³/mol. The van der Waals surface area contributed by atoms with E-state index in [1.165, 1.54) is 5.56 Å². The fourth-order valence-electron chi connectivity index (χ4n) is 3.69. The molecular formula is C21H24N2O2. The van der Waals surface area contributed by atoms with E-state index in [9.17, 15) is 10.1 Å². The van der Waals surface area contributed by atoms with Crippen molar-refractivity contribution in [3.8, 4) is 6.07 Å². The molecule has 0 fully saturated rings. The largest absolute Gasteiger partial charge is 0.444 e. The lowest BCUT2D eigenvalue weighted by atomic mass is 9.70. The van der Waals surface area contributed by atoms with Crippen molar-refractivity contribution < 1.29 is 9.53 Å². The van der Waals surface area contributed by atoms with Gasteiger partial charge < -0.3 is 10.5 Å². The number of allylic oxidation sites excluding steroid dienone is 3. The van der Waals surface area contributed by atoms with Crippen LogP contribution in [0.5, 0.6) is 0 Å². The van der Waals surface area contributed by atoms with Crippen LogP contribution in [0.2, 0.25) is 0 Å². The van der Waals surface area contributed by atoms with E-state index in [1.807, 2.05) is 26.0 Å². The third-order valence-corrected chi connectivity index (χ3v) is 5.01. The number of carbonyl (C=O) groups is 1. The van der Waals surface area contributed by atoms with E-state index < -0.39 is 5.92 Å². The highest BCUT2D eigenvalue weighted by atomic mass is 16.5. The van der Waals surface area contributed by atoms with Crippen molar-refractivity contribution in [1.82, 2.24) is 0 Å². The van der Waals surface area contributed by atoms with Gasteiger partial charge in [0, 0.05) is 18.4 Å². The summed E-state index contributed by atoms with van der Waals surface area (Å²) in [5.41, 5.74) is 8.92. The Labute approximate surface area is 149 Å². The van der Waals surface area contributed by atoms with Crippen molar-refractivity contribution in [2.45, 2.75) is 52.4 Å². The number of nitriles is 1. The Bertz CT molecular complexity index is 820. The number of Topliss-reactive ketones (excluding diaryl/α,β-unsaturated/α-hetero) is 1. The van der Waals surface area contributed by atoms with Crippen LogP contribution in [0.4, 0.5) is 0 Å². The fourth-order valence-corrected chi connectivity index (χ4v) is 3.69. The zero-order valence-corrected chi connectivity index (χ0v) is 15.2. The molecule has 3 rings (SSSR count). The third-order valence-electron chi connectivity index (χ3n) is 5.01. The number of ether oxygens (including phenoxy) is 1. The van der Waals surface area contributed by atoms with Gasteiger partial charge in [0.15, 0.2) is 5.78 Å². The SMILES string of the molecule is CC(C)c1ccc([C@H]2C(C#N)=C(N)OC3=C2C(=O)CC(C)(C)C3)cc1. The first kappa shape index (κ1) is 17.3. The summed E-state index contributed by atoms with van der Waals surface area (Å²) in [5.74, 6) is 0.773. The van der Waals surface area contributed by atoms with Crippen LogP contribution in [-0.4, -0.2) is 5.78 Å². The van der Waals surface area contributed by atoms with Crippen molar-refractivity contribution in [1.29, 1.82) is 5.26 Å². The molecule has 2 aliphatic rings. The topological polar surface area (TPSA) is 76.1 Å². The third kappa shape index (κ3) is 3.07. The summed E-state index contributed by atoms with van der Waals surface area (Å²) >= 11 is 0. The van der Waals surface area contributed by atoms with Crippen LogP contribution < -0.4 is 5.73 Å². The standard InChI is InChI=1S/C21H24N2O2/c1-12(2)13-5-7-14(8-6-13)18-15(11-22)20(23)25-17-10-21(3,4)9-16(24)19(17)18/h5-8,12,18H,9-10,23H2,1-4H3/t18-/m0/s1. The molecule has 4 nitrogen and oxygen atoms in total. The van der Waals surface area contributed by atoms with Gasteiger partial charge in [0.25, 0.3) is 0 Å². The number of benzene rings is 1. The number of nitrogens with zero attached hydrogens (tertiary/aromatic N) is 1. The first-order valence-electron chi connectivity index (χ1n) is 8.67. The molecule has 0 saturated carbocycles. The summed E-state index contributed by atoms with van der Waals surface area (Å²) in [6.45, 7) is 8.36. The first-order valence-corrected chi connectivity index (χ1v) is 8.67. The van der Waals surface area contributed by atoms with Gasteiger partial charge in [-0.2, -0.15) is 5.26 Å². The average Bonchev–Trinajstić information content (AvgIpc) is 2.52.